The standard InChI is InChI=1S/C17H23N3O3/c21-17(19-14-7-3-4-8-14)12-9-10-15(16(11-12)20(22)23)18-13-5-1-2-6-13/h9-11,13-14,18H,1-8H2,(H,19,21). The molecule has 2 saturated carbocycles. The minimum atomic E-state index is -0.413. The van der Waals surface area contributed by atoms with Crippen molar-refractivity contribution in [3.63, 3.8) is 0 Å². The second-order valence-corrected chi connectivity index (χ2v) is 6.57. The fourth-order valence-corrected chi connectivity index (χ4v) is 3.57. The number of hydrogen-bond donors (Lipinski definition) is 2. The number of nitrogens with one attached hydrogen (secondary N) is 2. The summed E-state index contributed by atoms with van der Waals surface area (Å²) in [5, 5.41) is 17.6. The van der Waals surface area contributed by atoms with Gasteiger partial charge in [-0.05, 0) is 37.8 Å². The third-order valence-electron chi connectivity index (χ3n) is 4.86. The van der Waals surface area contributed by atoms with E-state index in [0.29, 0.717) is 17.3 Å². The number of amides is 1. The third kappa shape index (κ3) is 3.81. The molecule has 0 bridgehead atoms. The molecule has 3 rings (SSSR count). The summed E-state index contributed by atoms with van der Waals surface area (Å²) in [7, 11) is 0. The van der Waals surface area contributed by atoms with E-state index < -0.39 is 4.92 Å². The lowest BCUT2D eigenvalue weighted by Gasteiger charge is -2.15. The monoisotopic (exact) mass is 317 g/mol. The lowest BCUT2D eigenvalue weighted by Crippen LogP contribution is -2.32. The number of anilines is 1. The van der Waals surface area contributed by atoms with Crippen molar-refractivity contribution in [3.8, 4) is 0 Å². The molecule has 23 heavy (non-hydrogen) atoms. The summed E-state index contributed by atoms with van der Waals surface area (Å²) in [5.41, 5.74) is 0.857. The normalized spacial score (nSPS) is 19.0. The fraction of sp³-hybridized carbons (Fsp3) is 0.588. The number of carbonyl (C=O) groups is 1. The summed E-state index contributed by atoms with van der Waals surface area (Å²) in [6.45, 7) is 0. The van der Waals surface area contributed by atoms with Crippen LogP contribution in [-0.2, 0) is 0 Å². The largest absolute Gasteiger partial charge is 0.377 e. The zero-order chi connectivity index (χ0) is 16.2. The van der Waals surface area contributed by atoms with E-state index >= 15 is 0 Å². The van der Waals surface area contributed by atoms with Crippen LogP contribution in [0, 0.1) is 10.1 Å². The van der Waals surface area contributed by atoms with Crippen LogP contribution in [0.5, 0.6) is 0 Å². The number of nitrogens with zero attached hydrogens (tertiary/aromatic N) is 1. The summed E-state index contributed by atoms with van der Waals surface area (Å²) >= 11 is 0. The first-order valence-corrected chi connectivity index (χ1v) is 8.49. The summed E-state index contributed by atoms with van der Waals surface area (Å²) in [6, 6.07) is 5.24. The van der Waals surface area contributed by atoms with Gasteiger partial charge in [-0.2, -0.15) is 0 Å². The minimum Gasteiger partial charge on any atom is -0.377 e. The molecule has 2 N–H and O–H groups in total. The van der Waals surface area contributed by atoms with Crippen molar-refractivity contribution in [2.45, 2.75) is 63.5 Å². The van der Waals surface area contributed by atoms with Crippen LogP contribution in [0.1, 0.15) is 61.7 Å². The maximum absolute atomic E-state index is 12.3. The number of nitro benzene ring substituents is 1. The molecule has 2 aliphatic rings. The quantitative estimate of drug-likeness (QED) is 0.641. The van der Waals surface area contributed by atoms with Gasteiger partial charge < -0.3 is 10.6 Å². The first-order valence-electron chi connectivity index (χ1n) is 8.49. The Morgan fingerprint density at radius 3 is 2.26 bits per heavy atom. The zero-order valence-electron chi connectivity index (χ0n) is 13.2. The second-order valence-electron chi connectivity index (χ2n) is 6.57. The van der Waals surface area contributed by atoms with Crippen molar-refractivity contribution >= 4 is 17.3 Å². The molecule has 0 aromatic heterocycles. The Bertz CT molecular complexity index is 591. The molecule has 1 aromatic carbocycles. The van der Waals surface area contributed by atoms with E-state index in [1.165, 1.54) is 6.07 Å². The van der Waals surface area contributed by atoms with Gasteiger partial charge in [-0.3, -0.25) is 14.9 Å². The highest BCUT2D eigenvalue weighted by Gasteiger charge is 2.23. The predicted molar refractivity (Wildman–Crippen MR) is 88.7 cm³/mol. The van der Waals surface area contributed by atoms with Gasteiger partial charge in [0.1, 0.15) is 5.69 Å². The number of carbonyl (C=O) groups excluding carboxylic acids is 1. The van der Waals surface area contributed by atoms with Gasteiger partial charge in [0, 0.05) is 23.7 Å². The fourth-order valence-electron chi connectivity index (χ4n) is 3.57. The molecule has 124 valence electrons. The van der Waals surface area contributed by atoms with E-state index in [4.69, 9.17) is 0 Å². The van der Waals surface area contributed by atoms with Gasteiger partial charge >= 0.3 is 0 Å². The van der Waals surface area contributed by atoms with Crippen molar-refractivity contribution in [2.75, 3.05) is 5.32 Å². The van der Waals surface area contributed by atoms with Crippen molar-refractivity contribution in [3.05, 3.63) is 33.9 Å². The summed E-state index contributed by atoms with van der Waals surface area (Å²) in [5.74, 6) is -0.215. The topological polar surface area (TPSA) is 84.3 Å². The summed E-state index contributed by atoms with van der Waals surface area (Å²) < 4.78 is 0. The molecule has 6 nitrogen and oxygen atoms in total. The molecular formula is C17H23N3O3. The number of hydrogen-bond acceptors (Lipinski definition) is 4. The van der Waals surface area contributed by atoms with E-state index in [1.54, 1.807) is 12.1 Å². The molecule has 0 spiro atoms. The van der Waals surface area contributed by atoms with Gasteiger partial charge in [-0.25, -0.2) is 0 Å². The first-order chi connectivity index (χ1) is 11.1. The minimum absolute atomic E-state index is 0.0176. The first kappa shape index (κ1) is 15.8. The highest BCUT2D eigenvalue weighted by atomic mass is 16.6. The predicted octanol–water partition coefficient (Wildman–Crippen LogP) is 3.62. The highest BCUT2D eigenvalue weighted by Crippen LogP contribution is 2.30. The van der Waals surface area contributed by atoms with Crippen LogP contribution in [0.4, 0.5) is 11.4 Å². The Morgan fingerprint density at radius 1 is 1.04 bits per heavy atom. The van der Waals surface area contributed by atoms with Gasteiger partial charge in [-0.1, -0.05) is 25.7 Å². The van der Waals surface area contributed by atoms with Crippen LogP contribution in [0.15, 0.2) is 18.2 Å². The maximum atomic E-state index is 12.3. The van der Waals surface area contributed by atoms with Crippen LogP contribution in [0.2, 0.25) is 0 Å². The highest BCUT2D eigenvalue weighted by molar-refractivity contribution is 5.96. The van der Waals surface area contributed by atoms with Crippen LogP contribution in [0.3, 0.4) is 0 Å². The molecular weight excluding hydrogens is 294 g/mol. The Balaban J connectivity index is 1.75. The van der Waals surface area contributed by atoms with Crippen LogP contribution in [-0.4, -0.2) is 22.9 Å². The van der Waals surface area contributed by atoms with Crippen molar-refractivity contribution < 1.29 is 9.72 Å². The van der Waals surface area contributed by atoms with Gasteiger partial charge in [-0.15, -0.1) is 0 Å². The average molecular weight is 317 g/mol. The van der Waals surface area contributed by atoms with E-state index in [2.05, 4.69) is 10.6 Å². The Hall–Kier alpha value is -2.11. The lowest BCUT2D eigenvalue weighted by atomic mass is 10.1. The number of benzene rings is 1. The molecule has 0 radical (unpaired) electrons. The molecule has 0 aliphatic heterocycles. The molecule has 1 amide bonds. The van der Waals surface area contributed by atoms with Crippen LogP contribution in [0.25, 0.3) is 0 Å². The number of rotatable bonds is 5. The molecule has 0 atom stereocenters. The van der Waals surface area contributed by atoms with Crippen LogP contribution >= 0.6 is 0 Å². The van der Waals surface area contributed by atoms with E-state index in [-0.39, 0.29) is 17.6 Å². The Kier molecular flexibility index (Phi) is 4.79. The summed E-state index contributed by atoms with van der Waals surface area (Å²) in [6.07, 6.45) is 8.66. The van der Waals surface area contributed by atoms with Gasteiger partial charge in [0.15, 0.2) is 0 Å². The third-order valence-corrected chi connectivity index (χ3v) is 4.86. The smallest absolute Gasteiger partial charge is 0.293 e. The van der Waals surface area contributed by atoms with Gasteiger partial charge in [0.05, 0.1) is 4.92 Å². The molecule has 0 unspecified atom stereocenters. The second kappa shape index (κ2) is 6.98. The van der Waals surface area contributed by atoms with Gasteiger partial charge in [0.25, 0.3) is 11.6 Å². The molecule has 0 saturated heterocycles. The molecule has 6 heteroatoms. The van der Waals surface area contributed by atoms with E-state index in [9.17, 15) is 14.9 Å². The van der Waals surface area contributed by atoms with Gasteiger partial charge in [0.2, 0.25) is 0 Å². The molecule has 0 heterocycles. The van der Waals surface area contributed by atoms with E-state index in [0.717, 1.165) is 51.4 Å². The lowest BCUT2D eigenvalue weighted by molar-refractivity contribution is -0.384. The Morgan fingerprint density at radius 2 is 1.65 bits per heavy atom. The van der Waals surface area contributed by atoms with Crippen molar-refractivity contribution in [1.82, 2.24) is 5.32 Å². The summed E-state index contributed by atoms with van der Waals surface area (Å²) in [4.78, 5) is 23.2. The maximum Gasteiger partial charge on any atom is 0.293 e. The van der Waals surface area contributed by atoms with E-state index in [1.807, 2.05) is 0 Å². The van der Waals surface area contributed by atoms with Crippen molar-refractivity contribution in [1.29, 1.82) is 0 Å². The molecule has 2 aliphatic carbocycles. The SMILES string of the molecule is O=C(NC1CCCC1)c1ccc(NC2CCCC2)c([N+](=O)[O-])c1. The Labute approximate surface area is 135 Å². The zero-order valence-corrected chi connectivity index (χ0v) is 13.2. The molecule has 2 fully saturated rings. The van der Waals surface area contributed by atoms with Crippen LogP contribution < -0.4 is 10.6 Å². The molecule has 1 aromatic rings. The number of nitro groups is 1. The van der Waals surface area contributed by atoms with Crippen molar-refractivity contribution in [2.24, 2.45) is 0 Å². The average Bonchev–Trinajstić information content (AvgIpc) is 3.21.